The Morgan fingerprint density at radius 1 is 1.10 bits per heavy atom. The highest BCUT2D eigenvalue weighted by molar-refractivity contribution is 9.10. The molecule has 0 unspecified atom stereocenters. The average molecular weight is 355 g/mol. The van der Waals surface area contributed by atoms with E-state index in [-0.39, 0.29) is 4.90 Å². The molecule has 0 spiro atoms. The largest absolute Gasteiger partial charge is 0.399 e. The molecule has 0 fully saturated rings. The number of halogens is 1. The van der Waals surface area contributed by atoms with Crippen molar-refractivity contribution >= 4 is 37.3 Å². The molecule has 0 radical (unpaired) electrons. The van der Waals surface area contributed by atoms with E-state index in [1.807, 2.05) is 19.1 Å². The normalized spacial score (nSPS) is 11.3. The van der Waals surface area contributed by atoms with Crippen molar-refractivity contribution in [3.05, 3.63) is 52.0 Å². The Labute approximate surface area is 127 Å². The van der Waals surface area contributed by atoms with Crippen molar-refractivity contribution in [2.75, 3.05) is 10.5 Å². The second-order valence-corrected chi connectivity index (χ2v) is 7.24. The maximum absolute atomic E-state index is 12.4. The molecule has 0 atom stereocenters. The van der Waals surface area contributed by atoms with Crippen LogP contribution in [0.3, 0.4) is 0 Å². The molecule has 6 heteroatoms. The summed E-state index contributed by atoms with van der Waals surface area (Å²) < 4.78 is 28.2. The monoisotopic (exact) mass is 354 g/mol. The van der Waals surface area contributed by atoms with Gasteiger partial charge in [0.1, 0.15) is 0 Å². The number of benzene rings is 2. The van der Waals surface area contributed by atoms with Crippen LogP contribution in [0.1, 0.15) is 11.1 Å². The third kappa shape index (κ3) is 3.32. The summed E-state index contributed by atoms with van der Waals surface area (Å²) in [4.78, 5) is 0.161. The van der Waals surface area contributed by atoms with Gasteiger partial charge in [-0.25, -0.2) is 8.42 Å². The minimum absolute atomic E-state index is 0.161. The van der Waals surface area contributed by atoms with Gasteiger partial charge in [-0.3, -0.25) is 4.72 Å². The van der Waals surface area contributed by atoms with E-state index in [0.717, 1.165) is 15.6 Å². The summed E-state index contributed by atoms with van der Waals surface area (Å²) in [6.45, 7) is 3.65. The fourth-order valence-electron chi connectivity index (χ4n) is 1.84. The molecule has 0 heterocycles. The van der Waals surface area contributed by atoms with Gasteiger partial charge in [-0.05, 0) is 55.3 Å². The number of hydrogen-bond acceptors (Lipinski definition) is 3. The minimum atomic E-state index is -3.65. The van der Waals surface area contributed by atoms with E-state index >= 15 is 0 Å². The van der Waals surface area contributed by atoms with E-state index in [4.69, 9.17) is 5.73 Å². The highest BCUT2D eigenvalue weighted by Gasteiger charge is 2.16. The molecule has 0 saturated heterocycles. The number of anilines is 2. The molecular weight excluding hydrogens is 340 g/mol. The maximum Gasteiger partial charge on any atom is 0.261 e. The molecule has 0 saturated carbocycles. The van der Waals surface area contributed by atoms with E-state index in [0.29, 0.717) is 11.4 Å². The molecule has 2 aromatic rings. The second kappa shape index (κ2) is 5.46. The van der Waals surface area contributed by atoms with Crippen molar-refractivity contribution in [3.8, 4) is 0 Å². The van der Waals surface area contributed by atoms with Gasteiger partial charge in [0.05, 0.1) is 10.6 Å². The molecule has 0 aliphatic carbocycles. The SMILES string of the molecule is Cc1cc(N)cc(S(=O)(=O)Nc2cc(Br)ccc2C)c1. The van der Waals surface area contributed by atoms with Crippen LogP contribution in [0.4, 0.5) is 11.4 Å². The molecule has 4 nitrogen and oxygen atoms in total. The molecule has 0 aliphatic heterocycles. The van der Waals surface area contributed by atoms with Gasteiger partial charge in [-0.2, -0.15) is 0 Å². The van der Waals surface area contributed by atoms with Crippen LogP contribution in [0.15, 0.2) is 45.8 Å². The Morgan fingerprint density at radius 2 is 1.80 bits per heavy atom. The lowest BCUT2D eigenvalue weighted by Crippen LogP contribution is -2.14. The van der Waals surface area contributed by atoms with Crippen molar-refractivity contribution in [1.82, 2.24) is 0 Å². The van der Waals surface area contributed by atoms with Crippen LogP contribution in [0.25, 0.3) is 0 Å². The third-order valence-corrected chi connectivity index (χ3v) is 4.67. The summed E-state index contributed by atoms with van der Waals surface area (Å²) in [5.41, 5.74) is 8.32. The Bertz CT molecular complexity index is 738. The first-order chi connectivity index (χ1) is 9.28. The van der Waals surface area contributed by atoms with Gasteiger partial charge in [0, 0.05) is 10.2 Å². The Kier molecular flexibility index (Phi) is 4.06. The van der Waals surface area contributed by atoms with Crippen LogP contribution < -0.4 is 10.5 Å². The molecule has 2 rings (SSSR count). The van der Waals surface area contributed by atoms with Gasteiger partial charge in [0.2, 0.25) is 0 Å². The lowest BCUT2D eigenvalue weighted by molar-refractivity contribution is 0.601. The van der Waals surface area contributed by atoms with E-state index < -0.39 is 10.0 Å². The molecule has 0 aliphatic rings. The van der Waals surface area contributed by atoms with Crippen LogP contribution in [0.2, 0.25) is 0 Å². The first-order valence-electron chi connectivity index (χ1n) is 5.94. The van der Waals surface area contributed by atoms with E-state index in [9.17, 15) is 8.42 Å². The summed E-state index contributed by atoms with van der Waals surface area (Å²) in [6.07, 6.45) is 0. The van der Waals surface area contributed by atoms with Gasteiger partial charge in [-0.15, -0.1) is 0 Å². The fraction of sp³-hybridized carbons (Fsp3) is 0.143. The second-order valence-electron chi connectivity index (χ2n) is 4.64. The lowest BCUT2D eigenvalue weighted by atomic mass is 10.2. The highest BCUT2D eigenvalue weighted by atomic mass is 79.9. The number of nitrogens with two attached hydrogens (primary N) is 1. The number of hydrogen-bond donors (Lipinski definition) is 2. The Hall–Kier alpha value is -1.53. The number of nitrogen functional groups attached to an aromatic ring is 1. The van der Waals surface area contributed by atoms with Crippen molar-refractivity contribution in [3.63, 3.8) is 0 Å². The van der Waals surface area contributed by atoms with E-state index in [1.165, 1.54) is 6.07 Å². The summed E-state index contributed by atoms with van der Waals surface area (Å²) in [5, 5.41) is 0. The highest BCUT2D eigenvalue weighted by Crippen LogP contribution is 2.24. The summed E-state index contributed by atoms with van der Waals surface area (Å²) >= 11 is 3.33. The average Bonchev–Trinajstić information content (AvgIpc) is 2.32. The number of rotatable bonds is 3. The number of nitrogens with one attached hydrogen (secondary N) is 1. The van der Waals surface area contributed by atoms with Crippen LogP contribution in [0, 0.1) is 13.8 Å². The molecule has 0 aromatic heterocycles. The number of sulfonamides is 1. The van der Waals surface area contributed by atoms with Crippen LogP contribution in [-0.2, 0) is 10.0 Å². The Balaban J connectivity index is 2.43. The topological polar surface area (TPSA) is 72.2 Å². The summed E-state index contributed by atoms with van der Waals surface area (Å²) in [5.74, 6) is 0. The zero-order valence-electron chi connectivity index (χ0n) is 11.1. The van der Waals surface area contributed by atoms with Gasteiger partial charge >= 0.3 is 0 Å². The molecule has 3 N–H and O–H groups in total. The van der Waals surface area contributed by atoms with Crippen molar-refractivity contribution < 1.29 is 8.42 Å². The summed E-state index contributed by atoms with van der Waals surface area (Å²) in [6, 6.07) is 10.2. The maximum atomic E-state index is 12.4. The third-order valence-electron chi connectivity index (χ3n) is 2.83. The number of aryl methyl sites for hydroxylation is 2. The molecule has 0 bridgehead atoms. The van der Waals surface area contributed by atoms with Crippen molar-refractivity contribution in [2.24, 2.45) is 0 Å². The standard InChI is InChI=1S/C14H15BrN2O2S/c1-9-5-12(16)8-13(6-9)20(18,19)17-14-7-11(15)4-3-10(14)2/h3-8,17H,16H2,1-2H3. The molecule has 20 heavy (non-hydrogen) atoms. The van der Waals surface area contributed by atoms with Gasteiger partial charge in [0.15, 0.2) is 0 Å². The van der Waals surface area contributed by atoms with Gasteiger partial charge in [-0.1, -0.05) is 22.0 Å². The summed E-state index contributed by atoms with van der Waals surface area (Å²) in [7, 11) is -3.65. The Morgan fingerprint density at radius 3 is 2.45 bits per heavy atom. The molecule has 0 amide bonds. The smallest absolute Gasteiger partial charge is 0.261 e. The van der Waals surface area contributed by atoms with Crippen LogP contribution in [0.5, 0.6) is 0 Å². The quantitative estimate of drug-likeness (QED) is 0.829. The lowest BCUT2D eigenvalue weighted by Gasteiger charge is -2.12. The fourth-order valence-corrected chi connectivity index (χ4v) is 3.46. The first-order valence-corrected chi connectivity index (χ1v) is 8.22. The first kappa shape index (κ1) is 14.9. The van der Waals surface area contributed by atoms with Crippen molar-refractivity contribution in [1.29, 1.82) is 0 Å². The zero-order chi connectivity index (χ0) is 14.9. The van der Waals surface area contributed by atoms with Gasteiger partial charge in [0.25, 0.3) is 10.0 Å². The predicted molar refractivity (Wildman–Crippen MR) is 85.3 cm³/mol. The van der Waals surface area contributed by atoms with Crippen molar-refractivity contribution in [2.45, 2.75) is 18.7 Å². The van der Waals surface area contributed by atoms with Gasteiger partial charge < -0.3 is 5.73 Å². The predicted octanol–water partition coefficient (Wildman–Crippen LogP) is 3.45. The van der Waals surface area contributed by atoms with E-state index in [2.05, 4.69) is 20.7 Å². The molecule has 2 aromatic carbocycles. The van der Waals surface area contributed by atoms with Crippen LogP contribution in [-0.4, -0.2) is 8.42 Å². The molecule has 106 valence electrons. The van der Waals surface area contributed by atoms with E-state index in [1.54, 1.807) is 25.1 Å². The molecular formula is C14H15BrN2O2S. The zero-order valence-corrected chi connectivity index (χ0v) is 13.5. The van der Waals surface area contributed by atoms with Crippen LogP contribution >= 0.6 is 15.9 Å². The minimum Gasteiger partial charge on any atom is -0.399 e.